The van der Waals surface area contributed by atoms with Crippen molar-refractivity contribution in [2.45, 2.75) is 18.6 Å². The van der Waals surface area contributed by atoms with Gasteiger partial charge >= 0.3 is 0 Å². The van der Waals surface area contributed by atoms with E-state index in [1.54, 1.807) is 6.07 Å². The van der Waals surface area contributed by atoms with Crippen molar-refractivity contribution in [1.82, 2.24) is 4.98 Å². The van der Waals surface area contributed by atoms with Crippen LogP contribution in [0.1, 0.15) is 6.42 Å². The van der Waals surface area contributed by atoms with Crippen molar-refractivity contribution in [2.24, 2.45) is 5.10 Å². The normalized spacial score (nSPS) is 25.4. The quantitative estimate of drug-likeness (QED) is 0.773. The number of ketones is 1. The number of carbonyl (C=O) groups excluding carboxylic acids is 1. The number of epoxide rings is 1. The Morgan fingerprint density at radius 1 is 1.53 bits per heavy atom. The lowest BCUT2D eigenvalue weighted by atomic mass is 10.1. The molecule has 0 N–H and O–H groups in total. The Kier molecular flexibility index (Phi) is 3.51. The summed E-state index contributed by atoms with van der Waals surface area (Å²) in [5.41, 5.74) is 0. The standard InChI is InChI=1S/C11H8BrCl2N3O2/c12-9-2-7(10(18)8-4-19-8)17(16-9)11-6(14)1-5(13)3-15-11/h1,3,7-8H,2,4H2. The highest BCUT2D eigenvalue weighted by Crippen LogP contribution is 2.33. The summed E-state index contributed by atoms with van der Waals surface area (Å²) in [6.45, 7) is 0.475. The van der Waals surface area contributed by atoms with E-state index >= 15 is 0 Å². The first-order chi connectivity index (χ1) is 9.06. The molecule has 0 radical (unpaired) electrons. The lowest BCUT2D eigenvalue weighted by Crippen LogP contribution is -2.37. The molecular weight excluding hydrogens is 357 g/mol. The van der Waals surface area contributed by atoms with Gasteiger partial charge in [0.25, 0.3) is 0 Å². The van der Waals surface area contributed by atoms with Gasteiger partial charge in [0.2, 0.25) is 0 Å². The van der Waals surface area contributed by atoms with E-state index in [1.165, 1.54) is 11.2 Å². The highest BCUT2D eigenvalue weighted by atomic mass is 79.9. The van der Waals surface area contributed by atoms with Crippen molar-refractivity contribution in [2.75, 3.05) is 11.6 Å². The SMILES string of the molecule is O=C(C1CO1)C1CC(Br)=NN1c1ncc(Cl)cc1Cl. The number of rotatable bonds is 3. The topological polar surface area (TPSA) is 58.1 Å². The zero-order valence-electron chi connectivity index (χ0n) is 9.52. The summed E-state index contributed by atoms with van der Waals surface area (Å²) in [7, 11) is 0. The van der Waals surface area contributed by atoms with Crippen LogP contribution in [0.3, 0.4) is 0 Å². The van der Waals surface area contributed by atoms with Gasteiger partial charge in [0.1, 0.15) is 16.8 Å². The second-order valence-electron chi connectivity index (χ2n) is 4.22. The maximum atomic E-state index is 12.2. The van der Waals surface area contributed by atoms with Crippen LogP contribution in [0.15, 0.2) is 17.4 Å². The van der Waals surface area contributed by atoms with Gasteiger partial charge in [-0.1, -0.05) is 23.2 Å². The second kappa shape index (κ2) is 5.01. The van der Waals surface area contributed by atoms with Gasteiger partial charge in [-0.15, -0.1) is 0 Å². The summed E-state index contributed by atoms with van der Waals surface area (Å²) in [4.78, 5) is 16.3. The molecule has 8 heteroatoms. The number of pyridine rings is 1. The third-order valence-corrected chi connectivity index (χ3v) is 3.82. The van der Waals surface area contributed by atoms with Crippen LogP contribution >= 0.6 is 39.1 Å². The molecular formula is C11H8BrCl2N3O2. The van der Waals surface area contributed by atoms with Crippen molar-refractivity contribution >= 4 is 55.4 Å². The zero-order chi connectivity index (χ0) is 13.6. The first kappa shape index (κ1) is 13.3. The molecule has 0 aromatic carbocycles. The summed E-state index contributed by atoms with van der Waals surface area (Å²) >= 11 is 15.2. The molecule has 3 rings (SSSR count). The molecule has 2 unspecified atom stereocenters. The Bertz CT molecular complexity index is 577. The van der Waals surface area contributed by atoms with E-state index in [1.807, 2.05) is 0 Å². The predicted octanol–water partition coefficient (Wildman–Crippen LogP) is 2.64. The van der Waals surface area contributed by atoms with E-state index in [2.05, 4.69) is 26.0 Å². The number of aromatic nitrogens is 1. The van der Waals surface area contributed by atoms with Gasteiger partial charge in [0, 0.05) is 12.6 Å². The molecule has 0 aliphatic carbocycles. The number of nitrogens with zero attached hydrogens (tertiary/aromatic N) is 3. The van der Waals surface area contributed by atoms with Crippen LogP contribution in [0, 0.1) is 0 Å². The molecule has 0 spiro atoms. The molecule has 19 heavy (non-hydrogen) atoms. The van der Waals surface area contributed by atoms with Crippen LogP contribution in [0.5, 0.6) is 0 Å². The highest BCUT2D eigenvalue weighted by Gasteiger charge is 2.43. The molecule has 100 valence electrons. The lowest BCUT2D eigenvalue weighted by molar-refractivity contribution is -0.121. The third-order valence-electron chi connectivity index (χ3n) is 2.86. The monoisotopic (exact) mass is 363 g/mol. The van der Waals surface area contributed by atoms with Crippen LogP contribution in [0.4, 0.5) is 5.82 Å². The van der Waals surface area contributed by atoms with Crippen LogP contribution in [0.2, 0.25) is 10.0 Å². The fraction of sp³-hybridized carbons (Fsp3) is 0.364. The molecule has 1 saturated heterocycles. The summed E-state index contributed by atoms with van der Waals surface area (Å²) in [5, 5.41) is 6.57. The maximum absolute atomic E-state index is 12.2. The second-order valence-corrected chi connectivity index (χ2v) is 5.98. The van der Waals surface area contributed by atoms with Crippen molar-refractivity contribution in [1.29, 1.82) is 0 Å². The Balaban J connectivity index is 1.93. The number of anilines is 1. The van der Waals surface area contributed by atoms with Crippen LogP contribution in [-0.4, -0.2) is 34.1 Å². The number of carbonyl (C=O) groups is 1. The molecule has 1 aromatic rings. The van der Waals surface area contributed by atoms with E-state index in [9.17, 15) is 4.79 Å². The summed E-state index contributed by atoms with van der Waals surface area (Å²) < 4.78 is 5.71. The Morgan fingerprint density at radius 3 is 2.89 bits per heavy atom. The predicted molar refractivity (Wildman–Crippen MR) is 76.3 cm³/mol. The molecule has 2 aliphatic rings. The Hall–Kier alpha value is -0.690. The number of hydrogen-bond acceptors (Lipinski definition) is 5. The number of hydrogen-bond donors (Lipinski definition) is 0. The van der Waals surface area contributed by atoms with Gasteiger partial charge in [0.05, 0.1) is 16.7 Å². The molecule has 2 atom stereocenters. The highest BCUT2D eigenvalue weighted by molar-refractivity contribution is 9.18. The van der Waals surface area contributed by atoms with Crippen LogP contribution in [-0.2, 0) is 9.53 Å². The van der Waals surface area contributed by atoms with Gasteiger partial charge in [-0.3, -0.25) is 4.79 Å². The molecule has 5 nitrogen and oxygen atoms in total. The minimum absolute atomic E-state index is 0.00832. The average molecular weight is 365 g/mol. The van der Waals surface area contributed by atoms with Crippen molar-refractivity contribution in [3.63, 3.8) is 0 Å². The summed E-state index contributed by atoms with van der Waals surface area (Å²) in [6.07, 6.45) is 1.63. The van der Waals surface area contributed by atoms with E-state index in [0.29, 0.717) is 33.5 Å². The van der Waals surface area contributed by atoms with Gasteiger partial charge in [0.15, 0.2) is 11.6 Å². The van der Waals surface area contributed by atoms with Crippen molar-refractivity contribution < 1.29 is 9.53 Å². The molecule has 0 amide bonds. The number of ether oxygens (including phenoxy) is 1. The molecule has 0 bridgehead atoms. The summed E-state index contributed by atoms with van der Waals surface area (Å²) in [6, 6.07) is 1.13. The first-order valence-corrected chi connectivity index (χ1v) is 7.10. The minimum atomic E-state index is -0.437. The van der Waals surface area contributed by atoms with E-state index in [4.69, 9.17) is 27.9 Å². The number of Topliss-reactive ketones (excluding diaryl/α,β-unsaturated/α-hetero) is 1. The maximum Gasteiger partial charge on any atom is 0.188 e. The number of halogens is 3. The fourth-order valence-electron chi connectivity index (χ4n) is 1.89. The van der Waals surface area contributed by atoms with Crippen molar-refractivity contribution in [3.8, 4) is 0 Å². The Morgan fingerprint density at radius 2 is 2.26 bits per heavy atom. The van der Waals surface area contributed by atoms with Gasteiger partial charge in [-0.2, -0.15) is 5.10 Å². The van der Waals surface area contributed by atoms with Crippen molar-refractivity contribution in [3.05, 3.63) is 22.3 Å². The summed E-state index contributed by atoms with van der Waals surface area (Å²) in [5.74, 6) is 0.408. The smallest absolute Gasteiger partial charge is 0.188 e. The molecule has 1 fully saturated rings. The van der Waals surface area contributed by atoms with E-state index < -0.39 is 6.04 Å². The lowest BCUT2D eigenvalue weighted by Gasteiger charge is -2.21. The van der Waals surface area contributed by atoms with Crippen LogP contribution in [0.25, 0.3) is 0 Å². The largest absolute Gasteiger partial charge is 0.365 e. The minimum Gasteiger partial charge on any atom is -0.365 e. The van der Waals surface area contributed by atoms with E-state index in [-0.39, 0.29) is 11.9 Å². The van der Waals surface area contributed by atoms with Crippen LogP contribution < -0.4 is 5.01 Å². The fourth-order valence-corrected chi connectivity index (χ4v) is 2.84. The molecule has 2 aliphatic heterocycles. The first-order valence-electron chi connectivity index (χ1n) is 5.55. The van der Waals surface area contributed by atoms with Gasteiger partial charge in [-0.05, 0) is 22.0 Å². The molecule has 3 heterocycles. The molecule has 1 aromatic heterocycles. The zero-order valence-corrected chi connectivity index (χ0v) is 12.6. The number of hydrazone groups is 1. The van der Waals surface area contributed by atoms with E-state index in [0.717, 1.165) is 0 Å². The van der Waals surface area contributed by atoms with Gasteiger partial charge in [-0.25, -0.2) is 9.99 Å². The molecule has 0 saturated carbocycles. The average Bonchev–Trinajstić information content (AvgIpc) is 3.12. The third kappa shape index (κ3) is 2.63. The van der Waals surface area contributed by atoms with Gasteiger partial charge < -0.3 is 4.74 Å². The Labute approximate surface area is 127 Å².